The number of ether oxygens (including phenoxy) is 1. The van der Waals surface area contributed by atoms with Crippen LogP contribution in [0.1, 0.15) is 40.1 Å². The minimum Gasteiger partial charge on any atom is -0.508 e. The maximum atomic E-state index is 12.5. The molecule has 0 aliphatic rings. The third kappa shape index (κ3) is 3.79. The summed E-state index contributed by atoms with van der Waals surface area (Å²) in [6.07, 6.45) is 1.76. The van der Waals surface area contributed by atoms with Gasteiger partial charge < -0.3 is 15.2 Å². The first-order chi connectivity index (χ1) is 12.9. The number of nitrogens with one attached hydrogen (secondary N) is 1. The van der Waals surface area contributed by atoms with Crippen molar-refractivity contribution in [2.45, 2.75) is 26.8 Å². The molecule has 0 radical (unpaired) electrons. The number of phenols is 1. The molecule has 27 heavy (non-hydrogen) atoms. The second kappa shape index (κ2) is 7.53. The third-order valence-corrected chi connectivity index (χ3v) is 4.65. The fourth-order valence-corrected chi connectivity index (χ4v) is 2.94. The molecule has 0 saturated heterocycles. The maximum Gasteiger partial charge on any atom is 0.251 e. The lowest BCUT2D eigenvalue weighted by molar-refractivity contribution is 0.0939. The normalized spacial score (nSPS) is 11.9. The predicted octanol–water partition coefficient (Wildman–Crippen LogP) is 3.69. The van der Waals surface area contributed by atoms with Crippen LogP contribution < -0.4 is 10.1 Å². The molecule has 0 bridgehead atoms. The molecule has 1 amide bonds. The van der Waals surface area contributed by atoms with Crippen LogP contribution in [-0.4, -0.2) is 27.9 Å². The summed E-state index contributed by atoms with van der Waals surface area (Å²) in [5.41, 5.74) is 3.94. The average Bonchev–Trinajstić information content (AvgIpc) is 3.05. The minimum atomic E-state index is -0.241. The topological polar surface area (TPSA) is 76.4 Å². The molecule has 3 aromatic rings. The van der Waals surface area contributed by atoms with E-state index in [1.54, 1.807) is 32.4 Å². The van der Waals surface area contributed by atoms with Crippen LogP contribution in [0.2, 0.25) is 0 Å². The third-order valence-electron chi connectivity index (χ3n) is 4.65. The summed E-state index contributed by atoms with van der Waals surface area (Å²) in [5.74, 6) is 0.652. The van der Waals surface area contributed by atoms with E-state index in [-0.39, 0.29) is 17.7 Å². The van der Waals surface area contributed by atoms with E-state index < -0.39 is 0 Å². The first-order valence-corrected chi connectivity index (χ1v) is 8.70. The Morgan fingerprint density at radius 2 is 1.89 bits per heavy atom. The van der Waals surface area contributed by atoms with Gasteiger partial charge in [0.25, 0.3) is 5.91 Å². The van der Waals surface area contributed by atoms with Crippen molar-refractivity contribution in [2.24, 2.45) is 0 Å². The lowest BCUT2D eigenvalue weighted by Gasteiger charge is -2.15. The monoisotopic (exact) mass is 365 g/mol. The van der Waals surface area contributed by atoms with Crippen LogP contribution in [0, 0.1) is 13.8 Å². The van der Waals surface area contributed by atoms with E-state index in [0.717, 1.165) is 28.3 Å². The largest absolute Gasteiger partial charge is 0.508 e. The molecule has 1 atom stereocenters. The van der Waals surface area contributed by atoms with E-state index in [1.807, 2.05) is 42.8 Å². The van der Waals surface area contributed by atoms with Gasteiger partial charge in [-0.15, -0.1) is 0 Å². The van der Waals surface area contributed by atoms with Crippen molar-refractivity contribution in [2.75, 3.05) is 7.11 Å². The SMILES string of the molecule is COc1ccc(-n2ncc(C(C)NC(=O)c3ccc(C)c(O)c3)c2C)cc1. The van der Waals surface area contributed by atoms with Gasteiger partial charge in [-0.2, -0.15) is 5.10 Å². The highest BCUT2D eigenvalue weighted by molar-refractivity contribution is 5.95. The Morgan fingerprint density at radius 1 is 1.19 bits per heavy atom. The number of phenolic OH excluding ortho intramolecular Hbond substituents is 1. The van der Waals surface area contributed by atoms with Gasteiger partial charge in [-0.3, -0.25) is 4.79 Å². The number of benzene rings is 2. The van der Waals surface area contributed by atoms with Crippen LogP contribution in [0.4, 0.5) is 0 Å². The number of rotatable bonds is 5. The lowest BCUT2D eigenvalue weighted by Crippen LogP contribution is -2.26. The second-order valence-corrected chi connectivity index (χ2v) is 6.49. The number of aryl methyl sites for hydroxylation is 1. The van der Waals surface area contributed by atoms with Crippen LogP contribution >= 0.6 is 0 Å². The molecule has 140 valence electrons. The predicted molar refractivity (Wildman–Crippen MR) is 104 cm³/mol. The first kappa shape index (κ1) is 18.5. The Hall–Kier alpha value is -3.28. The summed E-state index contributed by atoms with van der Waals surface area (Å²) >= 11 is 0. The number of methoxy groups -OCH3 is 1. The molecule has 6 nitrogen and oxygen atoms in total. The Bertz CT molecular complexity index is 961. The molecule has 2 aromatic carbocycles. The van der Waals surface area contributed by atoms with Gasteiger partial charge in [0.15, 0.2) is 0 Å². The van der Waals surface area contributed by atoms with Gasteiger partial charge in [0.05, 0.1) is 25.0 Å². The maximum absolute atomic E-state index is 12.5. The van der Waals surface area contributed by atoms with Gasteiger partial charge >= 0.3 is 0 Å². The Kier molecular flexibility index (Phi) is 5.16. The standard InChI is InChI=1S/C21H23N3O3/c1-13-5-6-16(11-20(13)25)21(26)23-14(2)19-12-22-24(15(19)3)17-7-9-18(27-4)10-8-17/h5-12,14,25H,1-4H3,(H,23,26). The van der Waals surface area contributed by atoms with Crippen molar-refractivity contribution in [1.82, 2.24) is 15.1 Å². The summed E-state index contributed by atoms with van der Waals surface area (Å²) in [6.45, 7) is 5.66. The molecule has 0 saturated carbocycles. The molecule has 6 heteroatoms. The van der Waals surface area contributed by atoms with Crippen LogP contribution in [0.5, 0.6) is 11.5 Å². The van der Waals surface area contributed by atoms with Crippen molar-refractivity contribution in [1.29, 1.82) is 0 Å². The molecule has 2 N–H and O–H groups in total. The number of carbonyl (C=O) groups is 1. The number of hydrogen-bond acceptors (Lipinski definition) is 4. The summed E-state index contributed by atoms with van der Waals surface area (Å²) < 4.78 is 7.01. The van der Waals surface area contributed by atoms with Crippen molar-refractivity contribution in [3.8, 4) is 17.2 Å². The zero-order chi connectivity index (χ0) is 19.6. The molecule has 1 aromatic heterocycles. The number of nitrogens with zero attached hydrogens (tertiary/aromatic N) is 2. The molecule has 1 unspecified atom stereocenters. The quantitative estimate of drug-likeness (QED) is 0.723. The fraction of sp³-hybridized carbons (Fsp3) is 0.238. The lowest BCUT2D eigenvalue weighted by atomic mass is 10.1. The zero-order valence-corrected chi connectivity index (χ0v) is 15.9. The average molecular weight is 365 g/mol. The van der Waals surface area contributed by atoms with E-state index >= 15 is 0 Å². The van der Waals surface area contributed by atoms with Gasteiger partial charge in [-0.05, 0) is 62.7 Å². The fourth-order valence-electron chi connectivity index (χ4n) is 2.94. The number of aromatic hydroxyl groups is 1. The van der Waals surface area contributed by atoms with E-state index in [9.17, 15) is 9.90 Å². The van der Waals surface area contributed by atoms with Crippen LogP contribution in [0.25, 0.3) is 5.69 Å². The van der Waals surface area contributed by atoms with Gasteiger partial charge in [-0.1, -0.05) is 6.07 Å². The summed E-state index contributed by atoms with van der Waals surface area (Å²) in [6, 6.07) is 12.3. The zero-order valence-electron chi connectivity index (χ0n) is 15.9. The number of aromatic nitrogens is 2. The smallest absolute Gasteiger partial charge is 0.251 e. The molecular formula is C21H23N3O3. The van der Waals surface area contributed by atoms with E-state index in [2.05, 4.69) is 10.4 Å². The highest BCUT2D eigenvalue weighted by atomic mass is 16.5. The van der Waals surface area contributed by atoms with Gasteiger partial charge in [0, 0.05) is 16.8 Å². The highest BCUT2D eigenvalue weighted by Crippen LogP contribution is 2.23. The van der Waals surface area contributed by atoms with Crippen LogP contribution in [-0.2, 0) is 0 Å². The summed E-state index contributed by atoms with van der Waals surface area (Å²) in [7, 11) is 1.63. The molecular weight excluding hydrogens is 342 g/mol. The molecule has 0 spiro atoms. The molecule has 0 aliphatic carbocycles. The summed E-state index contributed by atoms with van der Waals surface area (Å²) in [5, 5.41) is 17.2. The van der Waals surface area contributed by atoms with Crippen molar-refractivity contribution >= 4 is 5.91 Å². The highest BCUT2D eigenvalue weighted by Gasteiger charge is 2.17. The van der Waals surface area contributed by atoms with Crippen LogP contribution in [0.15, 0.2) is 48.7 Å². The first-order valence-electron chi connectivity index (χ1n) is 8.70. The Balaban J connectivity index is 1.78. The van der Waals surface area contributed by atoms with Gasteiger partial charge in [0.2, 0.25) is 0 Å². The van der Waals surface area contributed by atoms with Gasteiger partial charge in [-0.25, -0.2) is 4.68 Å². The summed E-state index contributed by atoms with van der Waals surface area (Å²) in [4.78, 5) is 12.5. The number of amides is 1. The molecule has 0 aliphatic heterocycles. The second-order valence-electron chi connectivity index (χ2n) is 6.49. The molecule has 0 fully saturated rings. The van der Waals surface area contributed by atoms with E-state index in [4.69, 9.17) is 4.74 Å². The number of carbonyl (C=O) groups excluding carboxylic acids is 1. The van der Waals surface area contributed by atoms with Crippen molar-refractivity contribution < 1.29 is 14.6 Å². The Labute approximate surface area is 158 Å². The Morgan fingerprint density at radius 3 is 2.52 bits per heavy atom. The molecule has 1 heterocycles. The van der Waals surface area contributed by atoms with Crippen LogP contribution in [0.3, 0.4) is 0 Å². The van der Waals surface area contributed by atoms with E-state index in [1.165, 1.54) is 6.07 Å². The molecule has 3 rings (SSSR count). The van der Waals surface area contributed by atoms with E-state index in [0.29, 0.717) is 5.56 Å². The number of hydrogen-bond donors (Lipinski definition) is 2. The minimum absolute atomic E-state index is 0.110. The van der Waals surface area contributed by atoms with Crippen molar-refractivity contribution in [3.05, 3.63) is 71.0 Å². The van der Waals surface area contributed by atoms with Crippen molar-refractivity contribution in [3.63, 3.8) is 0 Å². The van der Waals surface area contributed by atoms with Gasteiger partial charge in [0.1, 0.15) is 11.5 Å².